The maximum atomic E-state index is 2.40. The molecule has 0 heterocycles. The highest BCUT2D eigenvalue weighted by Crippen LogP contribution is 2.37. The fourth-order valence-corrected chi connectivity index (χ4v) is 2.88. The molecule has 0 heteroatoms. The van der Waals surface area contributed by atoms with Crippen molar-refractivity contribution in [1.29, 1.82) is 0 Å². The Kier molecular flexibility index (Phi) is 4.50. The van der Waals surface area contributed by atoms with Crippen LogP contribution in [0.1, 0.15) is 77.6 Å². The molecule has 2 aromatic carbocycles. The van der Waals surface area contributed by atoms with Crippen LogP contribution in [0.25, 0.3) is 0 Å². The first-order valence-electron chi connectivity index (χ1n) is 8.64. The average molecular weight is 309 g/mol. The van der Waals surface area contributed by atoms with E-state index in [0.717, 1.165) is 0 Å². The number of rotatable bonds is 2. The lowest BCUT2D eigenvalue weighted by atomic mass is 9.72. The zero-order valence-electron chi connectivity index (χ0n) is 16.1. The molecule has 0 unspecified atom stereocenters. The van der Waals surface area contributed by atoms with Crippen LogP contribution >= 0.6 is 0 Å². The molecule has 0 aliphatic carbocycles. The molecule has 0 atom stereocenters. The van der Waals surface area contributed by atoms with E-state index in [9.17, 15) is 0 Å². The van der Waals surface area contributed by atoms with E-state index in [1.807, 2.05) is 0 Å². The van der Waals surface area contributed by atoms with Gasteiger partial charge in [0.25, 0.3) is 0 Å². The van der Waals surface area contributed by atoms with Crippen molar-refractivity contribution in [2.24, 2.45) is 0 Å². The molecule has 2 rings (SSSR count). The molecule has 0 fully saturated rings. The monoisotopic (exact) mass is 308 g/mol. The van der Waals surface area contributed by atoms with Crippen molar-refractivity contribution in [3.63, 3.8) is 0 Å². The Balaban J connectivity index is 2.67. The summed E-state index contributed by atoms with van der Waals surface area (Å²) >= 11 is 0. The summed E-state index contributed by atoms with van der Waals surface area (Å²) in [7, 11) is 0. The van der Waals surface area contributed by atoms with Crippen LogP contribution in [0, 0.1) is 0 Å². The van der Waals surface area contributed by atoms with E-state index in [-0.39, 0.29) is 16.2 Å². The minimum absolute atomic E-state index is 0.00250. The van der Waals surface area contributed by atoms with Gasteiger partial charge in [0.2, 0.25) is 0 Å². The molecule has 0 N–H and O–H groups in total. The Morgan fingerprint density at radius 3 is 1.26 bits per heavy atom. The quantitative estimate of drug-likeness (QED) is 0.585. The summed E-state index contributed by atoms with van der Waals surface area (Å²) in [4.78, 5) is 0. The molecule has 0 amide bonds. The van der Waals surface area contributed by atoms with Gasteiger partial charge in [-0.05, 0) is 33.1 Å². The molecular weight excluding hydrogens is 276 g/mol. The predicted molar refractivity (Wildman–Crippen MR) is 102 cm³/mol. The summed E-state index contributed by atoms with van der Waals surface area (Å²) in [6.45, 7) is 18.5. The van der Waals surface area contributed by atoms with Gasteiger partial charge >= 0.3 is 0 Å². The van der Waals surface area contributed by atoms with Gasteiger partial charge in [0, 0.05) is 5.41 Å². The molecule has 0 aliphatic rings. The van der Waals surface area contributed by atoms with E-state index >= 15 is 0 Å². The van der Waals surface area contributed by atoms with Crippen molar-refractivity contribution in [2.45, 2.75) is 71.6 Å². The lowest BCUT2D eigenvalue weighted by Gasteiger charge is -2.32. The molecule has 124 valence electrons. The van der Waals surface area contributed by atoms with Gasteiger partial charge < -0.3 is 0 Å². The largest absolute Gasteiger partial charge is 0.0622 e. The molecule has 0 aromatic heterocycles. The van der Waals surface area contributed by atoms with Crippen LogP contribution in [-0.2, 0) is 16.2 Å². The molecule has 0 radical (unpaired) electrons. The fourth-order valence-electron chi connectivity index (χ4n) is 2.88. The second kappa shape index (κ2) is 5.82. The molecule has 23 heavy (non-hydrogen) atoms. The molecule has 2 aromatic rings. The third-order valence-electron chi connectivity index (χ3n) is 4.88. The summed E-state index contributed by atoms with van der Waals surface area (Å²) in [5.41, 5.74) is 5.92. The van der Waals surface area contributed by atoms with Crippen LogP contribution in [0.5, 0.6) is 0 Å². The van der Waals surface area contributed by atoms with Crippen molar-refractivity contribution in [2.75, 3.05) is 0 Å². The fraction of sp³-hybridized carbons (Fsp3) is 0.478. The predicted octanol–water partition coefficient (Wildman–Crippen LogP) is 6.61. The Morgan fingerprint density at radius 2 is 0.870 bits per heavy atom. The molecule has 0 aliphatic heterocycles. The third kappa shape index (κ3) is 3.86. The van der Waals surface area contributed by atoms with Gasteiger partial charge in [-0.25, -0.2) is 0 Å². The van der Waals surface area contributed by atoms with Gasteiger partial charge in [-0.2, -0.15) is 0 Å². The molecular formula is C23H32. The van der Waals surface area contributed by atoms with E-state index < -0.39 is 0 Å². The van der Waals surface area contributed by atoms with Crippen LogP contribution in [0.4, 0.5) is 0 Å². The van der Waals surface area contributed by atoms with Crippen LogP contribution in [0.2, 0.25) is 0 Å². The van der Waals surface area contributed by atoms with E-state index in [1.54, 1.807) is 0 Å². The zero-order valence-corrected chi connectivity index (χ0v) is 16.1. The lowest BCUT2D eigenvalue weighted by Crippen LogP contribution is -2.23. The summed E-state index contributed by atoms with van der Waals surface area (Å²) < 4.78 is 0. The highest BCUT2D eigenvalue weighted by atomic mass is 14.3. The lowest BCUT2D eigenvalue weighted by molar-refractivity contribution is 0.558. The zero-order chi connectivity index (χ0) is 17.5. The molecule has 0 spiro atoms. The Bertz CT molecular complexity index is 629. The summed E-state index contributed by atoms with van der Waals surface area (Å²) in [6, 6.07) is 18.0. The van der Waals surface area contributed by atoms with Gasteiger partial charge in [-0.1, -0.05) is 104 Å². The first-order chi connectivity index (χ1) is 10.4. The number of hydrogen-bond donors (Lipinski definition) is 0. The van der Waals surface area contributed by atoms with Gasteiger partial charge in [-0.15, -0.1) is 0 Å². The summed E-state index contributed by atoms with van der Waals surface area (Å²) in [5.74, 6) is 0. The second-order valence-corrected chi connectivity index (χ2v) is 9.29. The maximum absolute atomic E-state index is 2.40. The minimum atomic E-state index is 0.00250. The van der Waals surface area contributed by atoms with E-state index in [4.69, 9.17) is 0 Å². The number of hydrogen-bond acceptors (Lipinski definition) is 0. The number of benzene rings is 2. The highest BCUT2D eigenvalue weighted by molar-refractivity contribution is 5.45. The van der Waals surface area contributed by atoms with Gasteiger partial charge in [0.05, 0.1) is 0 Å². The smallest absolute Gasteiger partial charge is 0.0146 e. The van der Waals surface area contributed by atoms with Crippen molar-refractivity contribution in [3.8, 4) is 0 Å². The van der Waals surface area contributed by atoms with Gasteiger partial charge in [-0.3, -0.25) is 0 Å². The van der Waals surface area contributed by atoms with Gasteiger partial charge in [0.1, 0.15) is 0 Å². The summed E-state index contributed by atoms with van der Waals surface area (Å²) in [6.07, 6.45) is 0. The normalized spacial score (nSPS) is 13.2. The minimum Gasteiger partial charge on any atom is -0.0622 e. The van der Waals surface area contributed by atoms with Gasteiger partial charge in [0.15, 0.2) is 0 Å². The van der Waals surface area contributed by atoms with E-state index in [0.29, 0.717) is 0 Å². The third-order valence-corrected chi connectivity index (χ3v) is 4.88. The average Bonchev–Trinajstić information content (AvgIpc) is 2.46. The Hall–Kier alpha value is -1.56. The van der Waals surface area contributed by atoms with Crippen LogP contribution in [0.3, 0.4) is 0 Å². The molecule has 0 bridgehead atoms. The Labute approximate surface area is 143 Å². The summed E-state index contributed by atoms with van der Waals surface area (Å²) in [5, 5.41) is 0. The SMILES string of the molecule is CC(C)(C)c1cc(C(C)(C)C)cc(C(C)(C)c2ccccc2)c1. The van der Waals surface area contributed by atoms with Crippen molar-refractivity contribution < 1.29 is 0 Å². The standard InChI is InChI=1S/C23H32/c1-21(2,3)18-14-19(22(4,5)6)16-20(15-18)23(7,8)17-12-10-9-11-13-17/h9-16H,1-8H3. The van der Waals surface area contributed by atoms with Crippen LogP contribution < -0.4 is 0 Å². The second-order valence-electron chi connectivity index (χ2n) is 9.29. The van der Waals surface area contributed by atoms with Crippen LogP contribution in [-0.4, -0.2) is 0 Å². The van der Waals surface area contributed by atoms with Crippen molar-refractivity contribution in [3.05, 3.63) is 70.8 Å². The first kappa shape index (κ1) is 17.8. The van der Waals surface area contributed by atoms with E-state index in [1.165, 1.54) is 22.3 Å². The Morgan fingerprint density at radius 1 is 0.478 bits per heavy atom. The van der Waals surface area contributed by atoms with Crippen molar-refractivity contribution in [1.82, 2.24) is 0 Å². The molecule has 0 saturated carbocycles. The van der Waals surface area contributed by atoms with Crippen molar-refractivity contribution >= 4 is 0 Å². The maximum Gasteiger partial charge on any atom is 0.0146 e. The molecule has 0 saturated heterocycles. The highest BCUT2D eigenvalue weighted by Gasteiger charge is 2.27. The van der Waals surface area contributed by atoms with E-state index in [2.05, 4.69) is 104 Å². The molecule has 0 nitrogen and oxygen atoms in total. The topological polar surface area (TPSA) is 0 Å². The first-order valence-corrected chi connectivity index (χ1v) is 8.64. The van der Waals surface area contributed by atoms with Crippen LogP contribution in [0.15, 0.2) is 48.5 Å².